The Morgan fingerprint density at radius 2 is 1.40 bits per heavy atom. The number of rotatable bonds is 6. The molecule has 0 amide bonds. The average molecular weight is 290 g/mol. The van der Waals surface area contributed by atoms with E-state index in [1.54, 1.807) is 0 Å². The molecule has 0 aliphatic carbocycles. The van der Waals surface area contributed by atoms with Crippen molar-refractivity contribution < 1.29 is 33.3 Å². The first kappa shape index (κ1) is 16.6. The molecule has 0 aromatic rings. The molecule has 0 atom stereocenters. The summed E-state index contributed by atoms with van der Waals surface area (Å²) in [7, 11) is 0. The summed E-state index contributed by atoms with van der Waals surface area (Å²) in [5.41, 5.74) is 0. The Kier molecular flexibility index (Phi) is 7.14. The van der Waals surface area contributed by atoms with Crippen molar-refractivity contribution in [3.05, 3.63) is 0 Å². The van der Waals surface area contributed by atoms with Gasteiger partial charge in [0.15, 0.2) is 0 Å². The van der Waals surface area contributed by atoms with Gasteiger partial charge >= 0.3 is 12.3 Å². The average Bonchev–Trinajstić information content (AvgIpc) is 2.43. The van der Waals surface area contributed by atoms with E-state index >= 15 is 0 Å². The Morgan fingerprint density at radius 1 is 0.950 bits per heavy atom. The van der Waals surface area contributed by atoms with E-state index in [0.717, 1.165) is 0 Å². The Labute approximate surface area is 118 Å². The van der Waals surface area contributed by atoms with Crippen LogP contribution in [0.4, 0.5) is 9.59 Å². The highest BCUT2D eigenvalue weighted by molar-refractivity contribution is 5.63. The van der Waals surface area contributed by atoms with Gasteiger partial charge < -0.3 is 23.7 Å². The summed E-state index contributed by atoms with van der Waals surface area (Å²) in [5, 5.41) is 0. The van der Waals surface area contributed by atoms with Crippen LogP contribution < -0.4 is 0 Å². The lowest BCUT2D eigenvalue weighted by atomic mass is 10.1. The molecule has 7 nitrogen and oxygen atoms in total. The zero-order valence-corrected chi connectivity index (χ0v) is 12.0. The third-order valence-corrected chi connectivity index (χ3v) is 2.64. The van der Waals surface area contributed by atoms with E-state index in [0.29, 0.717) is 26.1 Å². The van der Waals surface area contributed by atoms with Crippen molar-refractivity contribution in [1.29, 1.82) is 0 Å². The lowest BCUT2D eigenvalue weighted by Crippen LogP contribution is -2.45. The van der Waals surface area contributed by atoms with Gasteiger partial charge in [-0.05, 0) is 12.8 Å². The fourth-order valence-corrected chi connectivity index (χ4v) is 1.64. The fourth-order valence-electron chi connectivity index (χ4n) is 1.64. The van der Waals surface area contributed by atoms with Crippen LogP contribution in [0.25, 0.3) is 0 Å². The van der Waals surface area contributed by atoms with Crippen LogP contribution in [0.1, 0.15) is 39.5 Å². The number of carbonyl (C=O) groups is 2. The van der Waals surface area contributed by atoms with Crippen LogP contribution in [-0.2, 0) is 23.7 Å². The van der Waals surface area contributed by atoms with E-state index in [9.17, 15) is 9.59 Å². The maximum atomic E-state index is 11.6. The molecule has 0 spiro atoms. The molecule has 0 saturated carbocycles. The molecule has 1 fully saturated rings. The van der Waals surface area contributed by atoms with Gasteiger partial charge in [-0.3, -0.25) is 0 Å². The van der Waals surface area contributed by atoms with Crippen molar-refractivity contribution >= 4 is 12.3 Å². The van der Waals surface area contributed by atoms with E-state index in [1.807, 2.05) is 13.8 Å². The minimum absolute atomic E-state index is 0.256. The van der Waals surface area contributed by atoms with Crippen LogP contribution >= 0.6 is 0 Å². The monoisotopic (exact) mass is 290 g/mol. The third kappa shape index (κ3) is 5.64. The van der Waals surface area contributed by atoms with Gasteiger partial charge in [-0.15, -0.1) is 0 Å². The van der Waals surface area contributed by atoms with Crippen molar-refractivity contribution in [2.75, 3.05) is 26.4 Å². The van der Waals surface area contributed by atoms with Gasteiger partial charge in [0.05, 0.1) is 26.4 Å². The molecule has 1 aliphatic rings. The predicted molar refractivity (Wildman–Crippen MR) is 68.2 cm³/mol. The van der Waals surface area contributed by atoms with Gasteiger partial charge in [0.25, 0.3) is 5.79 Å². The highest BCUT2D eigenvalue weighted by Crippen LogP contribution is 2.28. The van der Waals surface area contributed by atoms with E-state index in [2.05, 4.69) is 0 Å². The van der Waals surface area contributed by atoms with Gasteiger partial charge in [-0.2, -0.15) is 0 Å². The molecule has 0 aromatic carbocycles. The van der Waals surface area contributed by atoms with Gasteiger partial charge in [-0.25, -0.2) is 9.59 Å². The van der Waals surface area contributed by atoms with Gasteiger partial charge in [0.2, 0.25) is 0 Å². The minimum atomic E-state index is -1.35. The second kappa shape index (κ2) is 8.63. The molecule has 0 unspecified atom stereocenters. The summed E-state index contributed by atoms with van der Waals surface area (Å²) >= 11 is 0. The summed E-state index contributed by atoms with van der Waals surface area (Å²) in [6, 6.07) is 0. The molecule has 0 bridgehead atoms. The highest BCUT2D eigenvalue weighted by atomic mass is 16.8. The summed E-state index contributed by atoms with van der Waals surface area (Å²) in [6.07, 6.45) is 0.189. The van der Waals surface area contributed by atoms with Crippen molar-refractivity contribution in [3.63, 3.8) is 0 Å². The fraction of sp³-hybridized carbons (Fsp3) is 0.846. The number of hydrogen-bond donors (Lipinski definition) is 0. The molecular weight excluding hydrogens is 268 g/mol. The minimum Gasteiger partial charge on any atom is -0.434 e. The lowest BCUT2D eigenvalue weighted by molar-refractivity contribution is -0.224. The molecule has 7 heteroatoms. The second-order valence-electron chi connectivity index (χ2n) is 4.42. The normalized spacial score (nSPS) is 17.1. The van der Waals surface area contributed by atoms with E-state index < -0.39 is 18.1 Å². The number of ether oxygens (including phenoxy) is 5. The number of hydrogen-bond acceptors (Lipinski definition) is 7. The van der Waals surface area contributed by atoms with Crippen molar-refractivity contribution in [1.82, 2.24) is 0 Å². The predicted octanol–water partition coefficient (Wildman–Crippen LogP) is 2.62. The first-order chi connectivity index (χ1) is 9.62. The topological polar surface area (TPSA) is 80.3 Å². The van der Waals surface area contributed by atoms with E-state index in [-0.39, 0.29) is 26.1 Å². The first-order valence-electron chi connectivity index (χ1n) is 6.91. The van der Waals surface area contributed by atoms with Gasteiger partial charge in [0.1, 0.15) is 0 Å². The molecule has 1 heterocycles. The Bertz CT molecular complexity index is 286. The van der Waals surface area contributed by atoms with Crippen LogP contribution in [0.2, 0.25) is 0 Å². The zero-order valence-electron chi connectivity index (χ0n) is 12.0. The van der Waals surface area contributed by atoms with Crippen molar-refractivity contribution in [2.24, 2.45) is 0 Å². The summed E-state index contributed by atoms with van der Waals surface area (Å²) in [4.78, 5) is 23.1. The first-order valence-corrected chi connectivity index (χ1v) is 6.91. The smallest absolute Gasteiger partial charge is 0.434 e. The summed E-state index contributed by atoms with van der Waals surface area (Å²) < 4.78 is 25.2. The largest absolute Gasteiger partial charge is 0.511 e. The van der Waals surface area contributed by atoms with Crippen LogP contribution in [0.3, 0.4) is 0 Å². The molecule has 1 rings (SSSR count). The quantitative estimate of drug-likeness (QED) is 0.549. The molecule has 20 heavy (non-hydrogen) atoms. The zero-order chi connectivity index (χ0) is 14.8. The second-order valence-corrected chi connectivity index (χ2v) is 4.42. The van der Waals surface area contributed by atoms with Crippen LogP contribution in [-0.4, -0.2) is 44.5 Å². The Hall–Kier alpha value is -1.50. The highest BCUT2D eigenvalue weighted by Gasteiger charge is 2.42. The van der Waals surface area contributed by atoms with Crippen LogP contribution in [0.5, 0.6) is 0 Å². The Morgan fingerprint density at radius 3 is 1.80 bits per heavy atom. The molecule has 0 N–H and O–H groups in total. The molecule has 0 aromatic heterocycles. The summed E-state index contributed by atoms with van der Waals surface area (Å²) in [5.74, 6) is -1.35. The molecule has 0 radical (unpaired) electrons. The van der Waals surface area contributed by atoms with Crippen molar-refractivity contribution in [3.8, 4) is 0 Å². The van der Waals surface area contributed by atoms with E-state index in [1.165, 1.54) is 0 Å². The molecular formula is C13H22O7. The van der Waals surface area contributed by atoms with Crippen LogP contribution in [0, 0.1) is 0 Å². The van der Waals surface area contributed by atoms with E-state index in [4.69, 9.17) is 23.7 Å². The molecule has 116 valence electrons. The molecule has 1 saturated heterocycles. The summed E-state index contributed by atoms with van der Waals surface area (Å²) in [6.45, 7) is 4.92. The molecule has 1 aliphatic heterocycles. The van der Waals surface area contributed by atoms with Crippen LogP contribution in [0.15, 0.2) is 0 Å². The SMILES string of the molecule is CCCOC(=O)OC1(OC(=O)OCCC)CCOCC1. The lowest BCUT2D eigenvalue weighted by Gasteiger charge is -2.34. The standard InChI is InChI=1S/C13H22O7/c1-3-7-17-11(14)19-13(5-9-16-10-6-13)20-12(15)18-8-4-2/h3-10H2,1-2H3. The maximum Gasteiger partial charge on any atom is 0.511 e. The maximum absolute atomic E-state index is 11.6. The Balaban J connectivity index is 2.56. The van der Waals surface area contributed by atoms with Gasteiger partial charge in [0, 0.05) is 12.8 Å². The number of carbonyl (C=O) groups excluding carboxylic acids is 2. The van der Waals surface area contributed by atoms with Crippen molar-refractivity contribution in [2.45, 2.75) is 45.3 Å². The third-order valence-electron chi connectivity index (χ3n) is 2.64. The van der Waals surface area contributed by atoms with Gasteiger partial charge in [-0.1, -0.05) is 13.8 Å².